The molecule has 4 nitrogen and oxygen atoms in total. The van der Waals surface area contributed by atoms with Crippen LogP contribution in [0.5, 0.6) is 0 Å². The molecule has 26 heavy (non-hydrogen) atoms. The lowest BCUT2D eigenvalue weighted by molar-refractivity contribution is -0.117. The topological polar surface area (TPSA) is 41.6 Å². The van der Waals surface area contributed by atoms with Crippen LogP contribution in [0.4, 0.5) is 11.4 Å². The second kappa shape index (κ2) is 7.68. The summed E-state index contributed by atoms with van der Waals surface area (Å²) in [5, 5.41) is 3.78. The number of anilines is 2. The van der Waals surface area contributed by atoms with E-state index in [0.717, 1.165) is 49.3 Å². The van der Waals surface area contributed by atoms with Crippen molar-refractivity contribution >= 4 is 28.9 Å². The second-order valence-electron chi connectivity index (χ2n) is 6.89. The number of ether oxygens (including phenoxy) is 1. The molecule has 4 rings (SSSR count). The van der Waals surface area contributed by atoms with E-state index >= 15 is 0 Å². The van der Waals surface area contributed by atoms with Gasteiger partial charge in [0, 0.05) is 18.1 Å². The van der Waals surface area contributed by atoms with E-state index < -0.39 is 0 Å². The molecule has 0 saturated carbocycles. The molecule has 1 atom stereocenters. The van der Waals surface area contributed by atoms with Crippen LogP contribution in [0.3, 0.4) is 0 Å². The molecule has 0 spiro atoms. The SMILES string of the molecule is O=C(Nc1cc(Cl)ccc1N1CCOCC1)C1CCCc2ccccc21. The predicted molar refractivity (Wildman–Crippen MR) is 105 cm³/mol. The Kier molecular flexibility index (Phi) is 5.14. The van der Waals surface area contributed by atoms with Gasteiger partial charge in [0.2, 0.25) is 5.91 Å². The van der Waals surface area contributed by atoms with Crippen LogP contribution in [0.25, 0.3) is 0 Å². The summed E-state index contributed by atoms with van der Waals surface area (Å²) in [6, 6.07) is 14.0. The predicted octanol–water partition coefficient (Wildman–Crippen LogP) is 4.24. The lowest BCUT2D eigenvalue weighted by Gasteiger charge is -2.31. The van der Waals surface area contributed by atoms with Crippen molar-refractivity contribution in [3.63, 3.8) is 0 Å². The van der Waals surface area contributed by atoms with E-state index in [1.807, 2.05) is 30.3 Å². The number of amides is 1. The van der Waals surface area contributed by atoms with Gasteiger partial charge in [-0.2, -0.15) is 0 Å². The van der Waals surface area contributed by atoms with Gasteiger partial charge in [-0.3, -0.25) is 4.79 Å². The first-order valence-corrected chi connectivity index (χ1v) is 9.61. The average Bonchev–Trinajstić information content (AvgIpc) is 2.68. The summed E-state index contributed by atoms with van der Waals surface area (Å²) in [4.78, 5) is 15.3. The molecule has 1 heterocycles. The Bertz CT molecular complexity index is 802. The van der Waals surface area contributed by atoms with Crippen LogP contribution in [0, 0.1) is 0 Å². The van der Waals surface area contributed by atoms with Crippen molar-refractivity contribution in [1.29, 1.82) is 0 Å². The fourth-order valence-electron chi connectivity index (χ4n) is 3.93. The molecule has 1 saturated heterocycles. The van der Waals surface area contributed by atoms with Gasteiger partial charge in [-0.05, 0) is 48.6 Å². The van der Waals surface area contributed by atoms with Gasteiger partial charge in [-0.1, -0.05) is 35.9 Å². The lowest BCUT2D eigenvalue weighted by atomic mass is 9.82. The van der Waals surface area contributed by atoms with E-state index in [4.69, 9.17) is 16.3 Å². The first-order valence-electron chi connectivity index (χ1n) is 9.23. The summed E-state index contributed by atoms with van der Waals surface area (Å²) < 4.78 is 5.45. The Balaban J connectivity index is 1.59. The zero-order valence-corrected chi connectivity index (χ0v) is 15.5. The van der Waals surface area contributed by atoms with Crippen LogP contribution in [-0.4, -0.2) is 32.2 Å². The molecule has 1 N–H and O–H groups in total. The third kappa shape index (κ3) is 3.57. The van der Waals surface area contributed by atoms with Crippen LogP contribution in [0.1, 0.15) is 29.9 Å². The van der Waals surface area contributed by atoms with Crippen molar-refractivity contribution in [2.75, 3.05) is 36.5 Å². The van der Waals surface area contributed by atoms with Crippen molar-refractivity contribution in [2.45, 2.75) is 25.2 Å². The molecule has 136 valence electrons. The number of hydrogen-bond acceptors (Lipinski definition) is 3. The number of nitrogens with one attached hydrogen (secondary N) is 1. The fraction of sp³-hybridized carbons (Fsp3) is 0.381. The molecular formula is C21H23ClN2O2. The van der Waals surface area contributed by atoms with Crippen molar-refractivity contribution in [2.24, 2.45) is 0 Å². The summed E-state index contributed by atoms with van der Waals surface area (Å²) >= 11 is 6.21. The number of benzene rings is 2. The van der Waals surface area contributed by atoms with E-state index in [0.29, 0.717) is 18.2 Å². The Labute approximate surface area is 159 Å². The number of morpholine rings is 1. The highest BCUT2D eigenvalue weighted by atomic mass is 35.5. The molecule has 0 radical (unpaired) electrons. The molecule has 1 aliphatic heterocycles. The van der Waals surface area contributed by atoms with Gasteiger partial charge in [0.15, 0.2) is 0 Å². The molecule has 1 aliphatic carbocycles. The van der Waals surface area contributed by atoms with Crippen molar-refractivity contribution in [3.8, 4) is 0 Å². The third-order valence-electron chi connectivity index (χ3n) is 5.25. The largest absolute Gasteiger partial charge is 0.378 e. The molecule has 1 unspecified atom stereocenters. The molecule has 2 aliphatic rings. The van der Waals surface area contributed by atoms with Crippen LogP contribution in [-0.2, 0) is 16.0 Å². The number of carbonyl (C=O) groups excluding carboxylic acids is 1. The number of carbonyl (C=O) groups is 1. The number of rotatable bonds is 3. The minimum atomic E-state index is -0.100. The number of aryl methyl sites for hydroxylation is 1. The van der Waals surface area contributed by atoms with E-state index in [2.05, 4.69) is 22.3 Å². The zero-order valence-electron chi connectivity index (χ0n) is 14.7. The highest BCUT2D eigenvalue weighted by Gasteiger charge is 2.27. The number of fused-ring (bicyclic) bond motifs is 1. The molecule has 1 fully saturated rings. The minimum absolute atomic E-state index is 0.0499. The Hall–Kier alpha value is -2.04. The molecule has 5 heteroatoms. The van der Waals surface area contributed by atoms with Gasteiger partial charge in [-0.25, -0.2) is 0 Å². The monoisotopic (exact) mass is 370 g/mol. The zero-order chi connectivity index (χ0) is 17.9. The second-order valence-corrected chi connectivity index (χ2v) is 7.33. The van der Waals surface area contributed by atoms with E-state index in [1.165, 1.54) is 5.56 Å². The number of nitrogens with zero attached hydrogens (tertiary/aromatic N) is 1. The van der Waals surface area contributed by atoms with E-state index in [-0.39, 0.29) is 11.8 Å². The normalized spacial score (nSPS) is 19.7. The smallest absolute Gasteiger partial charge is 0.231 e. The highest BCUT2D eigenvalue weighted by molar-refractivity contribution is 6.31. The minimum Gasteiger partial charge on any atom is -0.378 e. The average molecular weight is 371 g/mol. The molecule has 2 aromatic rings. The van der Waals surface area contributed by atoms with Gasteiger partial charge < -0.3 is 15.0 Å². The molecular weight excluding hydrogens is 348 g/mol. The van der Waals surface area contributed by atoms with E-state index in [1.54, 1.807) is 0 Å². The van der Waals surface area contributed by atoms with Crippen LogP contribution >= 0.6 is 11.6 Å². The van der Waals surface area contributed by atoms with Crippen molar-refractivity contribution < 1.29 is 9.53 Å². The summed E-state index contributed by atoms with van der Waals surface area (Å²) in [5.41, 5.74) is 4.24. The van der Waals surface area contributed by atoms with Crippen LogP contribution < -0.4 is 10.2 Å². The number of halogens is 1. The van der Waals surface area contributed by atoms with Gasteiger partial charge in [0.1, 0.15) is 0 Å². The summed E-state index contributed by atoms with van der Waals surface area (Å²) in [6.45, 7) is 3.03. The van der Waals surface area contributed by atoms with Crippen LogP contribution in [0.15, 0.2) is 42.5 Å². The van der Waals surface area contributed by atoms with E-state index in [9.17, 15) is 4.79 Å². The van der Waals surface area contributed by atoms with Crippen molar-refractivity contribution in [1.82, 2.24) is 0 Å². The fourth-order valence-corrected chi connectivity index (χ4v) is 4.11. The van der Waals surface area contributed by atoms with Gasteiger partial charge in [0.25, 0.3) is 0 Å². The summed E-state index contributed by atoms with van der Waals surface area (Å²) in [6.07, 6.45) is 2.98. The first-order chi connectivity index (χ1) is 12.7. The first kappa shape index (κ1) is 17.4. The molecule has 0 aromatic heterocycles. The molecule has 2 aromatic carbocycles. The Morgan fingerprint density at radius 3 is 2.81 bits per heavy atom. The quantitative estimate of drug-likeness (QED) is 0.878. The Morgan fingerprint density at radius 2 is 1.96 bits per heavy atom. The highest BCUT2D eigenvalue weighted by Crippen LogP contribution is 2.35. The van der Waals surface area contributed by atoms with Gasteiger partial charge in [0.05, 0.1) is 30.5 Å². The standard InChI is InChI=1S/C21H23ClN2O2/c22-16-8-9-20(24-10-12-26-13-11-24)19(14-16)23-21(25)18-7-3-5-15-4-1-2-6-17(15)18/h1-2,4,6,8-9,14,18H,3,5,7,10-13H2,(H,23,25). The summed E-state index contributed by atoms with van der Waals surface area (Å²) in [7, 11) is 0. The molecule has 0 bridgehead atoms. The summed E-state index contributed by atoms with van der Waals surface area (Å²) in [5.74, 6) is -0.0506. The number of hydrogen-bond donors (Lipinski definition) is 1. The Morgan fingerprint density at radius 1 is 1.15 bits per heavy atom. The lowest BCUT2D eigenvalue weighted by Crippen LogP contribution is -2.37. The third-order valence-corrected chi connectivity index (χ3v) is 5.49. The van der Waals surface area contributed by atoms with Crippen LogP contribution in [0.2, 0.25) is 5.02 Å². The van der Waals surface area contributed by atoms with Gasteiger partial charge >= 0.3 is 0 Å². The van der Waals surface area contributed by atoms with Gasteiger partial charge in [-0.15, -0.1) is 0 Å². The van der Waals surface area contributed by atoms with Crippen molar-refractivity contribution in [3.05, 3.63) is 58.6 Å². The molecule has 1 amide bonds. The maximum atomic E-state index is 13.1. The maximum absolute atomic E-state index is 13.1. The maximum Gasteiger partial charge on any atom is 0.231 e.